The summed E-state index contributed by atoms with van der Waals surface area (Å²) < 4.78 is 25.5. The molecule has 1 aromatic rings. The Hall–Kier alpha value is -0.870. The predicted molar refractivity (Wildman–Crippen MR) is 112 cm³/mol. The first-order valence-electron chi connectivity index (χ1n) is 9.91. The molecule has 1 fully saturated rings. The number of sulfone groups is 1. The van der Waals surface area contributed by atoms with Crippen molar-refractivity contribution in [2.24, 2.45) is 0 Å². The van der Waals surface area contributed by atoms with E-state index < -0.39 is 9.84 Å². The number of rotatable bonds is 7. The van der Waals surface area contributed by atoms with Crippen LogP contribution in [0.2, 0.25) is 0 Å². The second kappa shape index (κ2) is 10.3. The van der Waals surface area contributed by atoms with Gasteiger partial charge in [0.05, 0.1) is 10.6 Å². The van der Waals surface area contributed by atoms with Gasteiger partial charge in [-0.25, -0.2) is 8.42 Å². The second-order valence-corrected chi connectivity index (χ2v) is 9.19. The Morgan fingerprint density at radius 1 is 1.28 bits per heavy atom. The van der Waals surface area contributed by atoms with E-state index in [1.807, 2.05) is 32.9 Å². The average molecular weight is 372 g/mol. The highest BCUT2D eigenvalue weighted by Crippen LogP contribution is 2.25. The van der Waals surface area contributed by atoms with Crippen LogP contribution in [0.25, 0.3) is 0 Å². The topological polar surface area (TPSA) is 37.4 Å². The van der Waals surface area contributed by atoms with Crippen molar-refractivity contribution in [1.82, 2.24) is 4.90 Å². The molecule has 1 aromatic carbocycles. The summed E-state index contributed by atoms with van der Waals surface area (Å²) in [5.41, 5.74) is 2.18. The van der Waals surface area contributed by atoms with Crippen LogP contribution in [-0.2, 0) is 16.3 Å². The summed E-state index contributed by atoms with van der Waals surface area (Å²) in [6.07, 6.45) is 4.96. The van der Waals surface area contributed by atoms with E-state index in [9.17, 15) is 8.42 Å². The molecule has 1 aliphatic rings. The van der Waals surface area contributed by atoms with E-state index in [-0.39, 0.29) is 8.61 Å². The van der Waals surface area contributed by atoms with E-state index in [1.54, 1.807) is 0 Å². The van der Waals surface area contributed by atoms with Crippen LogP contribution in [0.3, 0.4) is 0 Å². The molecule has 0 aliphatic carbocycles. The lowest BCUT2D eigenvalue weighted by molar-refractivity contribution is 0.295. The summed E-state index contributed by atoms with van der Waals surface area (Å²) >= 11 is 0. The third kappa shape index (κ3) is 6.10. The highest BCUT2D eigenvalue weighted by atomic mass is 32.2. The highest BCUT2D eigenvalue weighted by Gasteiger charge is 2.23. The lowest BCUT2D eigenvalue weighted by Crippen LogP contribution is -2.25. The zero-order chi connectivity index (χ0) is 19.0. The van der Waals surface area contributed by atoms with Crippen molar-refractivity contribution in [3.05, 3.63) is 29.3 Å². The van der Waals surface area contributed by atoms with Gasteiger partial charge in [0.1, 0.15) is 0 Å². The van der Waals surface area contributed by atoms with Gasteiger partial charge in [-0.1, -0.05) is 46.8 Å². The Morgan fingerprint density at radius 3 is 2.48 bits per heavy atom. The molecular formula is C21H41NO2S. The van der Waals surface area contributed by atoms with E-state index in [4.69, 9.17) is 0 Å². The molecule has 2 rings (SSSR count). The maximum Gasteiger partial charge on any atom is 0.178 e. The van der Waals surface area contributed by atoms with Gasteiger partial charge in [-0.15, -0.1) is 0 Å². The first-order valence-corrected chi connectivity index (χ1v) is 11.6. The lowest BCUT2D eigenvalue weighted by atomic mass is 10.00. The molecule has 0 radical (unpaired) electrons. The van der Waals surface area contributed by atoms with Gasteiger partial charge >= 0.3 is 0 Å². The van der Waals surface area contributed by atoms with Gasteiger partial charge in [-0.05, 0) is 68.8 Å². The SMILES string of the molecule is CC.CCc1cc(C(C)C)ccc1S(=O)(=O)CCCC1CCCN1C.[HH].[HH]. The van der Waals surface area contributed by atoms with Crippen molar-refractivity contribution in [3.63, 3.8) is 0 Å². The van der Waals surface area contributed by atoms with Crippen LogP contribution in [0, 0.1) is 0 Å². The normalized spacial score (nSPS) is 18.3. The number of hydrogen-bond acceptors (Lipinski definition) is 3. The summed E-state index contributed by atoms with van der Waals surface area (Å²) in [6.45, 7) is 11.5. The van der Waals surface area contributed by atoms with Crippen LogP contribution in [0.15, 0.2) is 23.1 Å². The lowest BCUT2D eigenvalue weighted by Gasteiger charge is -2.19. The molecule has 1 unspecified atom stereocenters. The van der Waals surface area contributed by atoms with Crippen LogP contribution in [0.4, 0.5) is 0 Å². The van der Waals surface area contributed by atoms with E-state index in [0.29, 0.717) is 16.9 Å². The van der Waals surface area contributed by atoms with Gasteiger partial charge < -0.3 is 4.90 Å². The van der Waals surface area contributed by atoms with Crippen LogP contribution >= 0.6 is 0 Å². The molecule has 25 heavy (non-hydrogen) atoms. The van der Waals surface area contributed by atoms with Crippen LogP contribution in [0.1, 0.15) is 80.2 Å². The van der Waals surface area contributed by atoms with Crippen LogP contribution < -0.4 is 0 Å². The van der Waals surface area contributed by atoms with Crippen molar-refractivity contribution in [3.8, 4) is 0 Å². The van der Waals surface area contributed by atoms with Crippen molar-refractivity contribution < 1.29 is 11.3 Å². The Kier molecular flexibility index (Phi) is 9.15. The molecule has 0 N–H and O–H groups in total. The standard InChI is InChI=1S/C19H31NO2S.C2H6.2H2/c1-5-16-14-17(15(2)3)10-11-19(16)23(21,22)13-7-9-18-8-6-12-20(18)4;1-2;;/h10-11,14-15,18H,5-9,12-13H2,1-4H3;1-2H3;2*1H. The summed E-state index contributed by atoms with van der Waals surface area (Å²) in [6, 6.07) is 6.44. The molecule has 148 valence electrons. The van der Waals surface area contributed by atoms with E-state index in [1.165, 1.54) is 18.4 Å². The number of benzene rings is 1. The molecule has 1 saturated heterocycles. The summed E-state index contributed by atoms with van der Waals surface area (Å²) in [7, 11) is -1.03. The summed E-state index contributed by atoms with van der Waals surface area (Å²) in [5, 5.41) is 0. The molecule has 0 bridgehead atoms. The molecule has 1 aliphatic heterocycles. The number of hydrogen-bond donors (Lipinski definition) is 0. The van der Waals surface area contributed by atoms with E-state index >= 15 is 0 Å². The maximum atomic E-state index is 12.7. The molecular weight excluding hydrogens is 330 g/mol. The Bertz CT molecular complexity index is 633. The molecule has 4 heteroatoms. The van der Waals surface area contributed by atoms with Gasteiger partial charge in [0.15, 0.2) is 9.84 Å². The molecule has 0 spiro atoms. The van der Waals surface area contributed by atoms with E-state index in [0.717, 1.165) is 31.4 Å². The molecule has 1 heterocycles. The van der Waals surface area contributed by atoms with Crippen molar-refractivity contribution >= 4 is 9.84 Å². The Morgan fingerprint density at radius 2 is 1.96 bits per heavy atom. The minimum atomic E-state index is -3.17. The quantitative estimate of drug-likeness (QED) is 0.631. The maximum absolute atomic E-state index is 12.7. The number of nitrogens with zero attached hydrogens (tertiary/aromatic N) is 1. The first kappa shape index (κ1) is 22.2. The highest BCUT2D eigenvalue weighted by molar-refractivity contribution is 7.91. The Balaban J connectivity index is 0. The predicted octanol–water partition coefficient (Wildman–Crippen LogP) is 5.54. The van der Waals surface area contributed by atoms with Gasteiger partial charge in [0.2, 0.25) is 0 Å². The van der Waals surface area contributed by atoms with Crippen LogP contribution in [0.5, 0.6) is 0 Å². The van der Waals surface area contributed by atoms with Crippen LogP contribution in [-0.4, -0.2) is 38.7 Å². The van der Waals surface area contributed by atoms with Crippen molar-refractivity contribution in [2.45, 2.75) is 83.6 Å². The molecule has 3 nitrogen and oxygen atoms in total. The largest absolute Gasteiger partial charge is 0.303 e. The third-order valence-electron chi connectivity index (χ3n) is 5.09. The second-order valence-electron chi connectivity index (χ2n) is 7.11. The summed E-state index contributed by atoms with van der Waals surface area (Å²) in [4.78, 5) is 2.91. The molecule has 0 amide bonds. The van der Waals surface area contributed by atoms with Gasteiger partial charge in [-0.3, -0.25) is 0 Å². The number of aryl methyl sites for hydroxylation is 1. The molecule has 0 saturated carbocycles. The minimum Gasteiger partial charge on any atom is -0.303 e. The summed E-state index contributed by atoms with van der Waals surface area (Å²) in [5.74, 6) is 0.695. The average Bonchev–Trinajstić information content (AvgIpc) is 3.01. The van der Waals surface area contributed by atoms with Gasteiger partial charge in [0.25, 0.3) is 0 Å². The monoisotopic (exact) mass is 371 g/mol. The zero-order valence-electron chi connectivity index (χ0n) is 17.0. The van der Waals surface area contributed by atoms with Crippen molar-refractivity contribution in [1.29, 1.82) is 0 Å². The van der Waals surface area contributed by atoms with Gasteiger partial charge in [0, 0.05) is 8.90 Å². The molecule has 0 aromatic heterocycles. The smallest absolute Gasteiger partial charge is 0.178 e. The zero-order valence-corrected chi connectivity index (χ0v) is 17.8. The first-order chi connectivity index (χ1) is 11.8. The molecule has 1 atom stereocenters. The fourth-order valence-electron chi connectivity index (χ4n) is 3.50. The number of likely N-dealkylation sites (tertiary alicyclic amines) is 1. The fraction of sp³-hybridized carbons (Fsp3) is 0.714. The van der Waals surface area contributed by atoms with Crippen molar-refractivity contribution in [2.75, 3.05) is 19.3 Å². The third-order valence-corrected chi connectivity index (χ3v) is 6.98. The Labute approximate surface area is 158 Å². The van der Waals surface area contributed by atoms with Gasteiger partial charge in [-0.2, -0.15) is 0 Å². The fourth-order valence-corrected chi connectivity index (χ4v) is 5.15. The van der Waals surface area contributed by atoms with E-state index in [2.05, 4.69) is 31.9 Å². The minimum absolute atomic E-state index is 0.